The number of ketones is 1. The minimum Gasteiger partial charge on any atom is -0.298 e. The summed E-state index contributed by atoms with van der Waals surface area (Å²) < 4.78 is 0. The van der Waals surface area contributed by atoms with E-state index in [9.17, 15) is 4.79 Å². The second-order valence-electron chi connectivity index (χ2n) is 3.78. The lowest BCUT2D eigenvalue weighted by molar-refractivity contribution is -0.128. The average molecular weight is 146 g/mol. The minimum absolute atomic E-state index is 0.253. The molecule has 0 aromatic rings. The van der Waals surface area contributed by atoms with Gasteiger partial charge in [-0.25, -0.2) is 0 Å². The van der Waals surface area contributed by atoms with Crippen LogP contribution in [-0.4, -0.2) is 5.78 Å². The summed E-state index contributed by atoms with van der Waals surface area (Å²) in [5, 5.41) is 0. The smallest absolute Gasteiger partial charge is 0.147 e. The summed E-state index contributed by atoms with van der Waals surface area (Å²) in [5.41, 5.74) is 0. The second-order valence-corrected chi connectivity index (χ2v) is 3.78. The van der Waals surface area contributed by atoms with Gasteiger partial charge >= 0.3 is 0 Å². The molecule has 0 amide bonds. The van der Waals surface area contributed by atoms with Gasteiger partial charge in [0.15, 0.2) is 0 Å². The predicted molar refractivity (Wildman–Crippen MR) is 41.9 cm³/mol. The van der Waals surface area contributed by atoms with Gasteiger partial charge in [-0.05, 0) is 18.3 Å². The van der Waals surface area contributed by atoms with Crippen LogP contribution in [0.25, 0.3) is 0 Å². The Balaban J connectivity index is 2.16. The van der Waals surface area contributed by atoms with Gasteiger partial charge in [-0.1, -0.05) is 24.3 Å². The number of hydrogen-bond donors (Lipinski definition) is 0. The quantitative estimate of drug-likeness (QED) is 0.474. The molecule has 4 aliphatic rings. The second kappa shape index (κ2) is 1.66. The summed E-state index contributed by atoms with van der Waals surface area (Å²) in [6.07, 6.45) is 9.77. The van der Waals surface area contributed by atoms with E-state index < -0.39 is 0 Å². The van der Waals surface area contributed by atoms with Crippen LogP contribution in [0.4, 0.5) is 0 Å². The molecule has 0 saturated heterocycles. The van der Waals surface area contributed by atoms with Crippen LogP contribution in [0.1, 0.15) is 6.42 Å². The van der Waals surface area contributed by atoms with E-state index in [1.165, 1.54) is 0 Å². The van der Waals surface area contributed by atoms with Gasteiger partial charge in [0.25, 0.3) is 0 Å². The van der Waals surface area contributed by atoms with Crippen LogP contribution in [0.15, 0.2) is 24.3 Å². The van der Waals surface area contributed by atoms with E-state index in [-0.39, 0.29) is 11.8 Å². The molecule has 4 aliphatic carbocycles. The Labute approximate surface area is 65.8 Å². The minimum atomic E-state index is 0.253. The first-order valence-electron chi connectivity index (χ1n) is 4.26. The molecular weight excluding hydrogens is 136 g/mol. The van der Waals surface area contributed by atoms with Crippen LogP contribution in [0.2, 0.25) is 0 Å². The van der Waals surface area contributed by atoms with Gasteiger partial charge in [0, 0.05) is 11.8 Å². The zero-order chi connectivity index (χ0) is 7.42. The van der Waals surface area contributed by atoms with Crippen molar-refractivity contribution in [3.63, 3.8) is 0 Å². The van der Waals surface area contributed by atoms with Crippen molar-refractivity contribution >= 4 is 5.78 Å². The molecule has 0 radical (unpaired) electrons. The van der Waals surface area contributed by atoms with Crippen LogP contribution < -0.4 is 0 Å². The van der Waals surface area contributed by atoms with E-state index in [0.29, 0.717) is 17.6 Å². The van der Waals surface area contributed by atoms with E-state index in [2.05, 4.69) is 24.3 Å². The van der Waals surface area contributed by atoms with Crippen molar-refractivity contribution in [3.05, 3.63) is 24.3 Å². The van der Waals surface area contributed by atoms with E-state index in [0.717, 1.165) is 6.42 Å². The Kier molecular flexibility index (Phi) is 0.867. The topological polar surface area (TPSA) is 17.1 Å². The molecule has 4 atom stereocenters. The summed E-state index contributed by atoms with van der Waals surface area (Å²) in [6, 6.07) is 0. The molecule has 1 saturated carbocycles. The maximum absolute atomic E-state index is 11.5. The molecule has 11 heavy (non-hydrogen) atoms. The van der Waals surface area contributed by atoms with Crippen molar-refractivity contribution in [2.24, 2.45) is 23.7 Å². The third kappa shape index (κ3) is 0.550. The molecule has 4 unspecified atom stereocenters. The van der Waals surface area contributed by atoms with Gasteiger partial charge in [0.05, 0.1) is 0 Å². The molecule has 0 aliphatic heterocycles. The third-order valence-electron chi connectivity index (χ3n) is 3.26. The van der Waals surface area contributed by atoms with Gasteiger partial charge in [0.2, 0.25) is 0 Å². The summed E-state index contributed by atoms with van der Waals surface area (Å²) in [7, 11) is 0. The lowest BCUT2D eigenvalue weighted by Crippen LogP contribution is -2.37. The molecule has 0 N–H and O–H groups in total. The highest BCUT2D eigenvalue weighted by Crippen LogP contribution is 2.47. The monoisotopic (exact) mass is 146 g/mol. The van der Waals surface area contributed by atoms with Crippen LogP contribution >= 0.6 is 0 Å². The highest BCUT2D eigenvalue weighted by Gasteiger charge is 2.45. The SMILES string of the molecule is O=C1C2C=CC3C(C=CC13)C2. The average Bonchev–Trinajstić information content (AvgIpc) is 2.39. The van der Waals surface area contributed by atoms with Crippen molar-refractivity contribution in [1.29, 1.82) is 0 Å². The Morgan fingerprint density at radius 3 is 2.91 bits per heavy atom. The van der Waals surface area contributed by atoms with Gasteiger partial charge < -0.3 is 0 Å². The molecule has 1 heteroatoms. The molecule has 0 heterocycles. The third-order valence-corrected chi connectivity index (χ3v) is 3.26. The Morgan fingerprint density at radius 2 is 2.09 bits per heavy atom. The van der Waals surface area contributed by atoms with Crippen LogP contribution in [0.3, 0.4) is 0 Å². The van der Waals surface area contributed by atoms with Crippen molar-refractivity contribution in [1.82, 2.24) is 0 Å². The van der Waals surface area contributed by atoms with E-state index in [4.69, 9.17) is 0 Å². The van der Waals surface area contributed by atoms with E-state index >= 15 is 0 Å². The van der Waals surface area contributed by atoms with Crippen molar-refractivity contribution < 1.29 is 4.79 Å². The molecular formula is C10H10O. The molecule has 1 fully saturated rings. The van der Waals surface area contributed by atoms with Crippen LogP contribution in [0, 0.1) is 23.7 Å². The molecule has 0 aromatic heterocycles. The van der Waals surface area contributed by atoms with Crippen molar-refractivity contribution in [2.75, 3.05) is 0 Å². The Bertz CT molecular complexity index is 275. The van der Waals surface area contributed by atoms with Gasteiger partial charge in [0.1, 0.15) is 5.78 Å². The van der Waals surface area contributed by atoms with E-state index in [1.54, 1.807) is 0 Å². The van der Waals surface area contributed by atoms with Crippen molar-refractivity contribution in [2.45, 2.75) is 6.42 Å². The zero-order valence-corrected chi connectivity index (χ0v) is 6.23. The lowest BCUT2D eigenvalue weighted by Gasteiger charge is -2.35. The highest BCUT2D eigenvalue weighted by atomic mass is 16.1. The van der Waals surface area contributed by atoms with Gasteiger partial charge in [-0.2, -0.15) is 0 Å². The first-order chi connectivity index (χ1) is 5.36. The summed E-state index contributed by atoms with van der Waals surface area (Å²) in [4.78, 5) is 11.5. The Hall–Kier alpha value is -0.850. The van der Waals surface area contributed by atoms with Crippen molar-refractivity contribution in [3.8, 4) is 0 Å². The fourth-order valence-electron chi connectivity index (χ4n) is 2.66. The number of carbonyl (C=O) groups is 1. The molecule has 0 aromatic carbocycles. The summed E-state index contributed by atoms with van der Waals surface area (Å²) >= 11 is 0. The largest absolute Gasteiger partial charge is 0.298 e. The van der Waals surface area contributed by atoms with Gasteiger partial charge in [-0.15, -0.1) is 0 Å². The zero-order valence-electron chi connectivity index (χ0n) is 6.23. The molecule has 1 nitrogen and oxygen atoms in total. The number of rotatable bonds is 0. The number of allylic oxidation sites excluding steroid dienone is 4. The first-order valence-corrected chi connectivity index (χ1v) is 4.26. The molecule has 0 spiro atoms. The fourth-order valence-corrected chi connectivity index (χ4v) is 2.66. The van der Waals surface area contributed by atoms with Gasteiger partial charge in [-0.3, -0.25) is 4.79 Å². The number of Topliss-reactive ketones (excluding diaryl/α,β-unsaturated/α-hetero) is 1. The predicted octanol–water partition coefficient (Wildman–Crippen LogP) is 1.56. The number of hydrogen-bond acceptors (Lipinski definition) is 1. The standard InChI is InChI=1S/C10H10O/c11-10-7-2-3-8-6(5-7)1-4-9(8)10/h1-4,6-9H,5H2. The molecule has 4 rings (SSSR count). The maximum atomic E-state index is 11.5. The molecule has 4 bridgehead atoms. The van der Waals surface area contributed by atoms with E-state index in [1.807, 2.05) is 0 Å². The number of carbonyl (C=O) groups excluding carboxylic acids is 1. The normalized spacial score (nSPS) is 50.7. The van der Waals surface area contributed by atoms with Crippen LogP contribution in [0.5, 0.6) is 0 Å². The lowest BCUT2D eigenvalue weighted by atomic mass is 9.67. The molecule has 56 valence electrons. The first kappa shape index (κ1) is 5.76. The summed E-state index contributed by atoms with van der Waals surface area (Å²) in [5.74, 6) is 2.19. The highest BCUT2D eigenvalue weighted by molar-refractivity contribution is 5.90. The Morgan fingerprint density at radius 1 is 1.18 bits per heavy atom. The van der Waals surface area contributed by atoms with Crippen LogP contribution in [-0.2, 0) is 4.79 Å². The maximum Gasteiger partial charge on any atom is 0.147 e. The fraction of sp³-hybridized carbons (Fsp3) is 0.500. The summed E-state index contributed by atoms with van der Waals surface area (Å²) in [6.45, 7) is 0.